The van der Waals surface area contributed by atoms with Gasteiger partial charge in [-0.05, 0) is 36.8 Å². The average molecular weight is 404 g/mol. The van der Waals surface area contributed by atoms with Crippen molar-refractivity contribution in [1.82, 2.24) is 9.62 Å². The molecule has 2 N–H and O–H groups in total. The van der Waals surface area contributed by atoms with Crippen LogP contribution in [0.5, 0.6) is 0 Å². The third-order valence-corrected chi connectivity index (χ3v) is 5.99. The van der Waals surface area contributed by atoms with Gasteiger partial charge in [-0.3, -0.25) is 9.59 Å². The smallest absolute Gasteiger partial charge is 0.242 e. The zero-order valence-electron chi connectivity index (χ0n) is 16.4. The third kappa shape index (κ3) is 5.64. The van der Waals surface area contributed by atoms with Crippen molar-refractivity contribution in [3.8, 4) is 0 Å². The first-order valence-corrected chi connectivity index (χ1v) is 10.2. The monoisotopic (exact) mass is 403 g/mol. The highest BCUT2D eigenvalue weighted by Gasteiger charge is 2.19. The van der Waals surface area contributed by atoms with Crippen LogP contribution in [0.3, 0.4) is 0 Å². The first-order chi connectivity index (χ1) is 13.1. The van der Waals surface area contributed by atoms with E-state index < -0.39 is 16.1 Å². The van der Waals surface area contributed by atoms with Crippen molar-refractivity contribution in [2.24, 2.45) is 0 Å². The van der Waals surface area contributed by atoms with E-state index in [1.807, 2.05) is 31.2 Å². The highest BCUT2D eigenvalue weighted by molar-refractivity contribution is 7.89. The first-order valence-electron chi connectivity index (χ1n) is 8.75. The van der Waals surface area contributed by atoms with Gasteiger partial charge in [0.15, 0.2) is 0 Å². The Hall–Kier alpha value is -2.71. The maximum atomic E-state index is 12.4. The summed E-state index contributed by atoms with van der Waals surface area (Å²) in [5, 5.41) is 5.53. The fourth-order valence-electron chi connectivity index (χ4n) is 2.61. The topological polar surface area (TPSA) is 95.6 Å². The first kappa shape index (κ1) is 21.6. The molecule has 0 saturated heterocycles. The molecule has 2 amide bonds. The van der Waals surface area contributed by atoms with E-state index in [4.69, 9.17) is 0 Å². The predicted octanol–water partition coefficient (Wildman–Crippen LogP) is 2.45. The summed E-state index contributed by atoms with van der Waals surface area (Å²) in [5.41, 5.74) is 2.40. The third-order valence-electron chi connectivity index (χ3n) is 4.16. The number of nitrogens with zero attached hydrogens (tertiary/aromatic N) is 1. The molecule has 150 valence electrons. The number of carbonyl (C=O) groups is 2. The molecule has 1 atom stereocenters. The van der Waals surface area contributed by atoms with Gasteiger partial charge >= 0.3 is 0 Å². The predicted molar refractivity (Wildman–Crippen MR) is 108 cm³/mol. The standard InChI is InChI=1S/C20H25N3O4S/c1-14-5-7-16(8-6-14)19(21-15(2)24)13-20(25)22-17-9-11-18(12-10-17)28(26,27)23(3)4/h5-12,19H,13H2,1-4H3,(H,21,24)(H,22,25). The number of sulfonamides is 1. The molecule has 0 fully saturated rings. The van der Waals surface area contributed by atoms with Crippen molar-refractivity contribution < 1.29 is 18.0 Å². The van der Waals surface area contributed by atoms with E-state index in [-0.39, 0.29) is 23.1 Å². The molecule has 0 radical (unpaired) electrons. The van der Waals surface area contributed by atoms with Crippen molar-refractivity contribution in [1.29, 1.82) is 0 Å². The summed E-state index contributed by atoms with van der Waals surface area (Å²) in [6.07, 6.45) is 0.0559. The second-order valence-corrected chi connectivity index (χ2v) is 8.88. The summed E-state index contributed by atoms with van der Waals surface area (Å²) in [4.78, 5) is 24.1. The fourth-order valence-corrected chi connectivity index (χ4v) is 3.52. The second-order valence-electron chi connectivity index (χ2n) is 6.73. The molecule has 0 saturated carbocycles. The van der Waals surface area contributed by atoms with E-state index in [1.54, 1.807) is 0 Å². The largest absolute Gasteiger partial charge is 0.349 e. The summed E-state index contributed by atoms with van der Waals surface area (Å²) >= 11 is 0. The van der Waals surface area contributed by atoms with Crippen LogP contribution in [0.1, 0.15) is 30.5 Å². The minimum absolute atomic E-state index is 0.0559. The van der Waals surface area contributed by atoms with E-state index >= 15 is 0 Å². The molecular weight excluding hydrogens is 378 g/mol. The summed E-state index contributed by atoms with van der Waals surface area (Å²) < 4.78 is 25.3. The van der Waals surface area contributed by atoms with E-state index in [0.29, 0.717) is 5.69 Å². The van der Waals surface area contributed by atoms with Crippen LogP contribution in [-0.4, -0.2) is 38.6 Å². The Morgan fingerprint density at radius 3 is 2.07 bits per heavy atom. The number of hydrogen-bond acceptors (Lipinski definition) is 4. The zero-order chi connectivity index (χ0) is 20.9. The van der Waals surface area contributed by atoms with Crippen molar-refractivity contribution in [2.75, 3.05) is 19.4 Å². The number of amides is 2. The molecule has 0 aliphatic carbocycles. The molecule has 2 aromatic rings. The lowest BCUT2D eigenvalue weighted by molar-refractivity contribution is -0.120. The molecule has 0 bridgehead atoms. The number of benzene rings is 2. The van der Waals surface area contributed by atoms with E-state index in [1.165, 1.54) is 45.3 Å². The fraction of sp³-hybridized carbons (Fsp3) is 0.300. The lowest BCUT2D eigenvalue weighted by Crippen LogP contribution is -2.29. The molecule has 2 rings (SSSR count). The molecule has 28 heavy (non-hydrogen) atoms. The zero-order valence-corrected chi connectivity index (χ0v) is 17.2. The van der Waals surface area contributed by atoms with Gasteiger partial charge < -0.3 is 10.6 Å². The Kier molecular flexibility index (Phi) is 6.93. The van der Waals surface area contributed by atoms with Crippen LogP contribution in [0.15, 0.2) is 53.4 Å². The van der Waals surface area contributed by atoms with Gasteiger partial charge in [0.1, 0.15) is 0 Å². The van der Waals surface area contributed by atoms with Crippen LogP contribution in [0.25, 0.3) is 0 Å². The summed E-state index contributed by atoms with van der Waals surface area (Å²) in [6.45, 7) is 3.37. The van der Waals surface area contributed by atoms with E-state index in [0.717, 1.165) is 15.4 Å². The summed E-state index contributed by atoms with van der Waals surface area (Å²) in [6, 6.07) is 13.1. The maximum absolute atomic E-state index is 12.4. The van der Waals surface area contributed by atoms with Gasteiger partial charge in [0.2, 0.25) is 21.8 Å². The number of hydrogen-bond donors (Lipinski definition) is 2. The van der Waals surface area contributed by atoms with Crippen molar-refractivity contribution >= 4 is 27.5 Å². The second kappa shape index (κ2) is 8.99. The van der Waals surface area contributed by atoms with Crippen molar-refractivity contribution in [2.45, 2.75) is 31.2 Å². The Labute approximate surface area is 165 Å². The van der Waals surface area contributed by atoms with Crippen molar-refractivity contribution in [3.05, 3.63) is 59.7 Å². The Morgan fingerprint density at radius 1 is 1.00 bits per heavy atom. The molecule has 0 spiro atoms. The molecular formula is C20H25N3O4S. The minimum Gasteiger partial charge on any atom is -0.349 e. The summed E-state index contributed by atoms with van der Waals surface area (Å²) in [7, 11) is -0.608. The highest BCUT2D eigenvalue weighted by atomic mass is 32.2. The average Bonchev–Trinajstić information content (AvgIpc) is 2.61. The maximum Gasteiger partial charge on any atom is 0.242 e. The van der Waals surface area contributed by atoms with Gasteiger partial charge in [0.05, 0.1) is 17.4 Å². The van der Waals surface area contributed by atoms with Gasteiger partial charge in [0, 0.05) is 26.7 Å². The molecule has 2 aromatic carbocycles. The van der Waals surface area contributed by atoms with Gasteiger partial charge in [-0.25, -0.2) is 12.7 Å². The van der Waals surface area contributed by atoms with Gasteiger partial charge in [-0.15, -0.1) is 0 Å². The number of rotatable bonds is 7. The lowest BCUT2D eigenvalue weighted by atomic mass is 10.0. The molecule has 8 heteroatoms. The van der Waals surface area contributed by atoms with Crippen LogP contribution >= 0.6 is 0 Å². The molecule has 1 unspecified atom stereocenters. The molecule has 0 aliphatic rings. The van der Waals surface area contributed by atoms with Gasteiger partial charge in [-0.2, -0.15) is 0 Å². The van der Waals surface area contributed by atoms with Crippen molar-refractivity contribution in [3.63, 3.8) is 0 Å². The van der Waals surface area contributed by atoms with E-state index in [9.17, 15) is 18.0 Å². The number of anilines is 1. The van der Waals surface area contributed by atoms with Gasteiger partial charge in [-0.1, -0.05) is 29.8 Å². The highest BCUT2D eigenvalue weighted by Crippen LogP contribution is 2.20. The molecule has 0 aliphatic heterocycles. The normalized spacial score (nSPS) is 12.5. The number of carbonyl (C=O) groups excluding carboxylic acids is 2. The quantitative estimate of drug-likeness (QED) is 0.742. The van der Waals surface area contributed by atoms with Crippen LogP contribution in [0.2, 0.25) is 0 Å². The van der Waals surface area contributed by atoms with Crippen LogP contribution in [-0.2, 0) is 19.6 Å². The lowest BCUT2D eigenvalue weighted by Gasteiger charge is -2.18. The van der Waals surface area contributed by atoms with Crippen LogP contribution < -0.4 is 10.6 Å². The molecule has 7 nitrogen and oxygen atoms in total. The Bertz CT molecular complexity index is 936. The molecule has 0 heterocycles. The SMILES string of the molecule is CC(=O)NC(CC(=O)Nc1ccc(S(=O)(=O)N(C)C)cc1)c1ccc(C)cc1. The number of aryl methyl sites for hydroxylation is 1. The number of nitrogens with one attached hydrogen (secondary N) is 2. The summed E-state index contributed by atoms with van der Waals surface area (Å²) in [5.74, 6) is -0.515. The van der Waals surface area contributed by atoms with Crippen LogP contribution in [0, 0.1) is 6.92 Å². The molecule has 0 aromatic heterocycles. The minimum atomic E-state index is -3.52. The Balaban J connectivity index is 2.10. The van der Waals surface area contributed by atoms with E-state index in [2.05, 4.69) is 10.6 Å². The van der Waals surface area contributed by atoms with Gasteiger partial charge in [0.25, 0.3) is 0 Å². The van der Waals surface area contributed by atoms with Crippen LogP contribution in [0.4, 0.5) is 5.69 Å². The Morgan fingerprint density at radius 2 is 1.57 bits per heavy atom.